The Hall–Kier alpha value is -3.84. The maximum absolute atomic E-state index is 13.2. The molecule has 7 nitrogen and oxygen atoms in total. The van der Waals surface area contributed by atoms with Crippen molar-refractivity contribution < 1.29 is 14.4 Å². The number of rotatable bonds is 5. The summed E-state index contributed by atoms with van der Waals surface area (Å²) in [7, 11) is 0. The Morgan fingerprint density at radius 3 is 2.58 bits per heavy atom. The van der Waals surface area contributed by atoms with Crippen LogP contribution in [0.4, 0.5) is 5.69 Å². The Morgan fingerprint density at radius 2 is 1.84 bits per heavy atom. The second kappa shape index (κ2) is 10.5. The van der Waals surface area contributed by atoms with E-state index in [1.54, 1.807) is 30.3 Å². The standard InChI is InChI=1S/C30H31ClN4O3/c1-17-26(32-19(3)27(17)30(38)35-12-5-4-6-13-35)16-24-23-15-21(10-11-25(23)34-29(24)37)28(36)33-18(2)20-8-7-9-22(31)14-20/h7-11,14-16,18,32H,4-6,12-13H2,1-3H3,(H,33,36)(H,34,37)/b24-16-/t18-/m0/s1. The number of carbonyl (C=O) groups is 3. The number of aromatic nitrogens is 1. The third-order valence-corrected chi connectivity index (χ3v) is 7.62. The smallest absolute Gasteiger partial charge is 0.256 e. The third kappa shape index (κ3) is 4.98. The average Bonchev–Trinajstić information content (AvgIpc) is 3.37. The highest BCUT2D eigenvalue weighted by Crippen LogP contribution is 2.35. The lowest BCUT2D eigenvalue weighted by atomic mass is 10.0. The van der Waals surface area contributed by atoms with Crippen molar-refractivity contribution in [3.8, 4) is 0 Å². The first-order valence-electron chi connectivity index (χ1n) is 12.9. The number of nitrogens with one attached hydrogen (secondary N) is 3. The number of benzene rings is 2. The maximum Gasteiger partial charge on any atom is 0.256 e. The van der Waals surface area contributed by atoms with E-state index in [9.17, 15) is 14.4 Å². The summed E-state index contributed by atoms with van der Waals surface area (Å²) in [6.45, 7) is 7.23. The SMILES string of the molecule is Cc1[nH]c(/C=C2\C(=O)Nc3ccc(C(=O)N[C@@H](C)c4cccc(Cl)c4)cc32)c(C)c1C(=O)N1CCCCC1. The average molecular weight is 531 g/mol. The van der Waals surface area contributed by atoms with Crippen molar-refractivity contribution in [2.75, 3.05) is 18.4 Å². The molecule has 3 heterocycles. The Labute approximate surface area is 227 Å². The van der Waals surface area contributed by atoms with Gasteiger partial charge in [-0.3, -0.25) is 14.4 Å². The second-order valence-corrected chi connectivity index (χ2v) is 10.5. The van der Waals surface area contributed by atoms with E-state index in [4.69, 9.17) is 11.6 Å². The lowest BCUT2D eigenvalue weighted by Crippen LogP contribution is -2.36. The highest BCUT2D eigenvalue weighted by Gasteiger charge is 2.28. The van der Waals surface area contributed by atoms with E-state index in [1.165, 1.54) is 0 Å². The van der Waals surface area contributed by atoms with Crippen molar-refractivity contribution in [2.24, 2.45) is 0 Å². The van der Waals surface area contributed by atoms with Crippen LogP contribution in [0.25, 0.3) is 11.6 Å². The van der Waals surface area contributed by atoms with Crippen LogP contribution in [-0.2, 0) is 4.79 Å². The van der Waals surface area contributed by atoms with Gasteiger partial charge < -0.3 is 20.5 Å². The Balaban J connectivity index is 1.42. The quantitative estimate of drug-likeness (QED) is 0.359. The van der Waals surface area contributed by atoms with E-state index in [0.717, 1.165) is 49.2 Å². The first kappa shape index (κ1) is 25.8. The van der Waals surface area contributed by atoms with Gasteiger partial charge >= 0.3 is 0 Å². The fourth-order valence-corrected chi connectivity index (χ4v) is 5.45. The van der Waals surface area contributed by atoms with Gasteiger partial charge in [0.2, 0.25) is 0 Å². The van der Waals surface area contributed by atoms with Crippen molar-refractivity contribution in [3.05, 3.63) is 86.7 Å². The fraction of sp³-hybridized carbons (Fsp3) is 0.300. The van der Waals surface area contributed by atoms with Gasteiger partial charge in [-0.2, -0.15) is 0 Å². The summed E-state index contributed by atoms with van der Waals surface area (Å²) in [6, 6.07) is 12.3. The minimum atomic E-state index is -0.250. The molecule has 3 amide bonds. The van der Waals surface area contributed by atoms with Crippen LogP contribution >= 0.6 is 11.6 Å². The summed E-state index contributed by atoms with van der Waals surface area (Å²) < 4.78 is 0. The first-order valence-corrected chi connectivity index (χ1v) is 13.3. The van der Waals surface area contributed by atoms with Crippen LogP contribution in [0.1, 0.15) is 81.0 Å². The van der Waals surface area contributed by atoms with Crippen molar-refractivity contribution in [1.29, 1.82) is 0 Å². The van der Waals surface area contributed by atoms with E-state index in [2.05, 4.69) is 15.6 Å². The Bertz CT molecular complexity index is 1470. The van der Waals surface area contributed by atoms with Crippen LogP contribution in [0.5, 0.6) is 0 Å². The molecule has 0 spiro atoms. The molecule has 3 N–H and O–H groups in total. The van der Waals surface area contributed by atoms with E-state index in [1.807, 2.05) is 43.9 Å². The molecule has 2 aliphatic heterocycles. The van der Waals surface area contributed by atoms with Gasteiger partial charge in [0.1, 0.15) is 0 Å². The van der Waals surface area contributed by atoms with Crippen molar-refractivity contribution in [2.45, 2.75) is 46.1 Å². The molecule has 5 rings (SSSR count). The van der Waals surface area contributed by atoms with Crippen molar-refractivity contribution >= 4 is 46.7 Å². The molecule has 1 atom stereocenters. The van der Waals surface area contributed by atoms with Gasteiger partial charge in [0.25, 0.3) is 17.7 Å². The monoisotopic (exact) mass is 530 g/mol. The molecule has 38 heavy (non-hydrogen) atoms. The van der Waals surface area contributed by atoms with Gasteiger partial charge in [0, 0.05) is 46.3 Å². The van der Waals surface area contributed by atoms with Crippen LogP contribution in [0.2, 0.25) is 5.02 Å². The van der Waals surface area contributed by atoms with Crippen LogP contribution in [-0.4, -0.2) is 40.7 Å². The molecule has 3 aromatic rings. The van der Waals surface area contributed by atoms with Gasteiger partial charge in [-0.15, -0.1) is 0 Å². The van der Waals surface area contributed by atoms with E-state index >= 15 is 0 Å². The second-order valence-electron chi connectivity index (χ2n) is 10.0. The Kier molecular flexibility index (Phi) is 7.13. The molecule has 0 aliphatic carbocycles. The molecule has 0 saturated carbocycles. The van der Waals surface area contributed by atoms with Crippen LogP contribution < -0.4 is 10.6 Å². The van der Waals surface area contributed by atoms with Crippen molar-refractivity contribution in [3.63, 3.8) is 0 Å². The zero-order chi connectivity index (χ0) is 27.0. The Morgan fingerprint density at radius 1 is 1.08 bits per heavy atom. The third-order valence-electron chi connectivity index (χ3n) is 7.38. The normalized spacial score (nSPS) is 16.8. The molecule has 1 aromatic heterocycles. The number of halogens is 1. The molecule has 196 valence electrons. The number of anilines is 1. The number of H-pyrrole nitrogens is 1. The number of piperidine rings is 1. The molecular weight excluding hydrogens is 500 g/mol. The zero-order valence-corrected chi connectivity index (χ0v) is 22.5. The largest absolute Gasteiger partial charge is 0.358 e. The molecule has 2 aliphatic rings. The van der Waals surface area contributed by atoms with Crippen molar-refractivity contribution in [1.82, 2.24) is 15.2 Å². The number of likely N-dealkylation sites (tertiary alicyclic amines) is 1. The summed E-state index contributed by atoms with van der Waals surface area (Å²) in [5, 5.41) is 6.49. The number of hydrogen-bond acceptors (Lipinski definition) is 3. The highest BCUT2D eigenvalue weighted by atomic mass is 35.5. The molecule has 0 unspecified atom stereocenters. The lowest BCUT2D eigenvalue weighted by Gasteiger charge is -2.27. The molecule has 2 aromatic carbocycles. The minimum Gasteiger partial charge on any atom is -0.358 e. The number of aromatic amines is 1. The molecule has 1 saturated heterocycles. The summed E-state index contributed by atoms with van der Waals surface area (Å²) in [4.78, 5) is 44.4. The van der Waals surface area contributed by atoms with Crippen LogP contribution in [0, 0.1) is 13.8 Å². The number of fused-ring (bicyclic) bond motifs is 1. The summed E-state index contributed by atoms with van der Waals surface area (Å²) in [5.74, 6) is -0.467. The predicted molar refractivity (Wildman–Crippen MR) is 150 cm³/mol. The topological polar surface area (TPSA) is 94.3 Å². The number of carbonyl (C=O) groups excluding carboxylic acids is 3. The van der Waals surface area contributed by atoms with E-state index in [0.29, 0.717) is 38.7 Å². The predicted octanol–water partition coefficient (Wildman–Crippen LogP) is 5.89. The number of aryl methyl sites for hydroxylation is 1. The van der Waals surface area contributed by atoms with E-state index in [-0.39, 0.29) is 23.8 Å². The number of nitrogens with zero attached hydrogens (tertiary/aromatic N) is 1. The van der Waals surface area contributed by atoms with Gasteiger partial charge in [-0.25, -0.2) is 0 Å². The molecule has 8 heteroatoms. The van der Waals surface area contributed by atoms with Gasteiger partial charge in [0.15, 0.2) is 0 Å². The van der Waals surface area contributed by atoms with Gasteiger partial charge in [-0.1, -0.05) is 23.7 Å². The summed E-state index contributed by atoms with van der Waals surface area (Å²) in [6.07, 6.45) is 4.97. The molecule has 0 radical (unpaired) electrons. The van der Waals surface area contributed by atoms with Crippen LogP contribution in [0.3, 0.4) is 0 Å². The van der Waals surface area contributed by atoms with Gasteiger partial charge in [-0.05, 0) is 87.6 Å². The summed E-state index contributed by atoms with van der Waals surface area (Å²) in [5.41, 5.74) is 6.06. The molecule has 1 fully saturated rings. The summed E-state index contributed by atoms with van der Waals surface area (Å²) >= 11 is 6.10. The minimum absolute atomic E-state index is 0.0321. The molecular formula is C30H31ClN4O3. The zero-order valence-electron chi connectivity index (χ0n) is 21.8. The number of amides is 3. The van der Waals surface area contributed by atoms with Gasteiger partial charge in [0.05, 0.1) is 17.2 Å². The lowest BCUT2D eigenvalue weighted by molar-refractivity contribution is -0.110. The molecule has 0 bridgehead atoms. The highest BCUT2D eigenvalue weighted by molar-refractivity contribution is 6.35. The maximum atomic E-state index is 13.2. The van der Waals surface area contributed by atoms with Crippen LogP contribution in [0.15, 0.2) is 42.5 Å². The fourth-order valence-electron chi connectivity index (χ4n) is 5.25. The first-order chi connectivity index (χ1) is 18.2. The number of hydrogen-bond donors (Lipinski definition) is 3. The van der Waals surface area contributed by atoms with E-state index < -0.39 is 0 Å².